The van der Waals surface area contributed by atoms with Crippen molar-refractivity contribution in [2.75, 3.05) is 26.0 Å². The summed E-state index contributed by atoms with van der Waals surface area (Å²) >= 11 is 0. The molecule has 2 amide bonds. The zero-order valence-electron chi connectivity index (χ0n) is 13.4. The zero-order valence-corrected chi connectivity index (χ0v) is 13.4. The van der Waals surface area contributed by atoms with Crippen molar-refractivity contribution in [3.63, 3.8) is 0 Å². The van der Waals surface area contributed by atoms with Crippen LogP contribution in [-0.4, -0.2) is 26.7 Å². The van der Waals surface area contributed by atoms with E-state index in [0.717, 1.165) is 5.69 Å². The van der Waals surface area contributed by atoms with Crippen LogP contribution in [0.3, 0.4) is 0 Å². The van der Waals surface area contributed by atoms with Gasteiger partial charge in [0.25, 0.3) is 0 Å². The number of benzene rings is 2. The van der Waals surface area contributed by atoms with Crippen molar-refractivity contribution >= 4 is 11.7 Å². The van der Waals surface area contributed by atoms with Crippen LogP contribution in [0.4, 0.5) is 10.5 Å². The molecule has 0 heterocycles. The molecule has 2 aromatic carbocycles. The maximum atomic E-state index is 12.0. The quantitative estimate of drug-likeness (QED) is 0.777. The third kappa shape index (κ3) is 4.60. The van der Waals surface area contributed by atoms with Crippen molar-refractivity contribution in [2.24, 2.45) is 0 Å². The first kappa shape index (κ1) is 16.0. The van der Waals surface area contributed by atoms with Gasteiger partial charge in [-0.25, -0.2) is 4.79 Å². The lowest BCUT2D eigenvalue weighted by Crippen LogP contribution is -3.07. The lowest BCUT2D eigenvalue weighted by molar-refractivity contribution is -0.890. The molecule has 2 aromatic rings. The molecule has 0 saturated carbocycles. The van der Waals surface area contributed by atoms with Crippen molar-refractivity contribution in [1.29, 1.82) is 0 Å². The number of carbonyl (C=O) groups is 1. The van der Waals surface area contributed by atoms with E-state index >= 15 is 0 Å². The topological polar surface area (TPSA) is 45.6 Å². The zero-order chi connectivity index (χ0) is 15.9. The second kappa shape index (κ2) is 7.61. The number of nitrogens with one attached hydrogen (secondary N) is 3. The minimum Gasteiger partial charge on any atom is -0.332 e. The minimum absolute atomic E-state index is 0.175. The van der Waals surface area contributed by atoms with Gasteiger partial charge in [0.15, 0.2) is 0 Å². The number of quaternary nitrogens is 1. The van der Waals surface area contributed by atoms with Gasteiger partial charge in [0.1, 0.15) is 6.04 Å². The van der Waals surface area contributed by atoms with Crippen LogP contribution in [0.5, 0.6) is 0 Å². The molecule has 2 rings (SSSR count). The number of urea groups is 1. The van der Waals surface area contributed by atoms with Gasteiger partial charge >= 0.3 is 6.03 Å². The molecule has 4 heteroatoms. The molecule has 0 spiro atoms. The fourth-order valence-electron chi connectivity index (χ4n) is 2.35. The van der Waals surface area contributed by atoms with Crippen LogP contribution in [0.2, 0.25) is 0 Å². The molecule has 0 saturated heterocycles. The Labute approximate surface area is 132 Å². The van der Waals surface area contributed by atoms with Gasteiger partial charge in [0.2, 0.25) is 0 Å². The van der Waals surface area contributed by atoms with Crippen LogP contribution in [0, 0.1) is 6.92 Å². The molecule has 4 nitrogen and oxygen atoms in total. The summed E-state index contributed by atoms with van der Waals surface area (Å²) in [6, 6.07) is 18.1. The third-order valence-electron chi connectivity index (χ3n) is 3.68. The lowest BCUT2D eigenvalue weighted by Gasteiger charge is -2.22. The van der Waals surface area contributed by atoms with Gasteiger partial charge in [-0.05, 0) is 19.1 Å². The Balaban J connectivity index is 1.92. The summed E-state index contributed by atoms with van der Waals surface area (Å²) in [5, 5.41) is 5.81. The van der Waals surface area contributed by atoms with Gasteiger partial charge in [0.05, 0.1) is 20.6 Å². The standard InChI is InChI=1S/C18H23N3O/c1-14-9-11-16(12-10-14)20-18(22)19-13-17(21(2)3)15-7-5-4-6-8-15/h4-12,17H,13H2,1-3H3,(H2,19,20,22)/p+1/t17-/m0/s1. The Hall–Kier alpha value is -2.33. The molecule has 0 radical (unpaired) electrons. The van der Waals surface area contributed by atoms with Crippen LogP contribution in [0.25, 0.3) is 0 Å². The average Bonchev–Trinajstić information content (AvgIpc) is 2.50. The summed E-state index contributed by atoms with van der Waals surface area (Å²) in [7, 11) is 4.19. The van der Waals surface area contributed by atoms with E-state index < -0.39 is 0 Å². The molecule has 0 aliphatic rings. The van der Waals surface area contributed by atoms with E-state index in [1.807, 2.05) is 49.4 Å². The molecular formula is C18H24N3O+. The SMILES string of the molecule is Cc1ccc(NC(=O)NC[C@@H](c2ccccc2)[NH+](C)C)cc1. The van der Waals surface area contributed by atoms with Gasteiger partial charge in [-0.3, -0.25) is 0 Å². The Morgan fingerprint density at radius 1 is 1.05 bits per heavy atom. The second-order valence-corrected chi connectivity index (χ2v) is 5.74. The van der Waals surface area contributed by atoms with Crippen LogP contribution in [0.15, 0.2) is 54.6 Å². The molecular weight excluding hydrogens is 274 g/mol. The van der Waals surface area contributed by atoms with Crippen LogP contribution < -0.4 is 15.5 Å². The molecule has 0 aromatic heterocycles. The highest BCUT2D eigenvalue weighted by Crippen LogP contribution is 2.09. The van der Waals surface area contributed by atoms with E-state index in [0.29, 0.717) is 6.54 Å². The number of carbonyl (C=O) groups excluding carboxylic acids is 1. The molecule has 22 heavy (non-hydrogen) atoms. The molecule has 3 N–H and O–H groups in total. The fourth-order valence-corrected chi connectivity index (χ4v) is 2.35. The number of aryl methyl sites for hydroxylation is 1. The highest BCUT2D eigenvalue weighted by Gasteiger charge is 2.18. The number of likely N-dealkylation sites (N-methyl/N-ethyl adjacent to an activating group) is 1. The van der Waals surface area contributed by atoms with Crippen molar-refractivity contribution in [2.45, 2.75) is 13.0 Å². The Morgan fingerprint density at radius 3 is 2.27 bits per heavy atom. The smallest absolute Gasteiger partial charge is 0.319 e. The normalized spacial score (nSPS) is 12.0. The van der Waals surface area contributed by atoms with Gasteiger partial charge in [-0.15, -0.1) is 0 Å². The summed E-state index contributed by atoms with van der Waals surface area (Å²) in [6.07, 6.45) is 0. The van der Waals surface area contributed by atoms with E-state index in [4.69, 9.17) is 0 Å². The van der Waals surface area contributed by atoms with Gasteiger partial charge in [-0.1, -0.05) is 48.0 Å². The molecule has 0 bridgehead atoms. The number of hydrogen-bond donors (Lipinski definition) is 3. The molecule has 0 fully saturated rings. The van der Waals surface area contributed by atoms with Crippen LogP contribution >= 0.6 is 0 Å². The monoisotopic (exact) mass is 298 g/mol. The maximum Gasteiger partial charge on any atom is 0.319 e. The van der Waals surface area contributed by atoms with Gasteiger partial charge in [-0.2, -0.15) is 0 Å². The maximum absolute atomic E-state index is 12.0. The molecule has 0 aliphatic heterocycles. The van der Waals surface area contributed by atoms with E-state index in [2.05, 4.69) is 36.9 Å². The van der Waals surface area contributed by atoms with Gasteiger partial charge < -0.3 is 15.5 Å². The van der Waals surface area contributed by atoms with Crippen molar-refractivity contribution < 1.29 is 9.69 Å². The van der Waals surface area contributed by atoms with E-state index in [9.17, 15) is 4.79 Å². The van der Waals surface area contributed by atoms with Crippen molar-refractivity contribution in [1.82, 2.24) is 5.32 Å². The van der Waals surface area contributed by atoms with E-state index in [-0.39, 0.29) is 12.1 Å². The second-order valence-electron chi connectivity index (χ2n) is 5.74. The Bertz CT molecular complexity index is 593. The Morgan fingerprint density at radius 2 is 1.68 bits per heavy atom. The first-order valence-electron chi connectivity index (χ1n) is 7.53. The number of anilines is 1. The highest BCUT2D eigenvalue weighted by atomic mass is 16.2. The summed E-state index contributed by atoms with van der Waals surface area (Å²) < 4.78 is 0. The predicted molar refractivity (Wildman–Crippen MR) is 90.2 cm³/mol. The third-order valence-corrected chi connectivity index (χ3v) is 3.68. The van der Waals surface area contributed by atoms with Crippen LogP contribution in [0.1, 0.15) is 17.2 Å². The average molecular weight is 298 g/mol. The summed E-state index contributed by atoms with van der Waals surface area (Å²) in [6.45, 7) is 2.61. The first-order valence-corrected chi connectivity index (χ1v) is 7.53. The fraction of sp³-hybridized carbons (Fsp3) is 0.278. The van der Waals surface area contributed by atoms with Gasteiger partial charge in [0, 0.05) is 11.3 Å². The van der Waals surface area contributed by atoms with E-state index in [1.165, 1.54) is 16.0 Å². The van der Waals surface area contributed by atoms with Crippen molar-refractivity contribution in [3.05, 3.63) is 65.7 Å². The predicted octanol–water partition coefficient (Wildman–Crippen LogP) is 2.00. The highest BCUT2D eigenvalue weighted by molar-refractivity contribution is 5.89. The van der Waals surface area contributed by atoms with Crippen LogP contribution in [-0.2, 0) is 0 Å². The van der Waals surface area contributed by atoms with E-state index in [1.54, 1.807) is 0 Å². The minimum atomic E-state index is -0.175. The Kier molecular flexibility index (Phi) is 5.55. The lowest BCUT2D eigenvalue weighted by atomic mass is 10.1. The number of rotatable bonds is 5. The summed E-state index contributed by atoms with van der Waals surface area (Å²) in [5.74, 6) is 0. The summed E-state index contributed by atoms with van der Waals surface area (Å²) in [4.78, 5) is 13.3. The molecule has 116 valence electrons. The molecule has 0 unspecified atom stereocenters. The summed E-state index contributed by atoms with van der Waals surface area (Å²) in [5.41, 5.74) is 3.20. The van der Waals surface area contributed by atoms with Crippen molar-refractivity contribution in [3.8, 4) is 0 Å². The first-order chi connectivity index (χ1) is 10.6. The largest absolute Gasteiger partial charge is 0.332 e. The molecule has 1 atom stereocenters. The molecule has 0 aliphatic carbocycles. The number of hydrogen-bond acceptors (Lipinski definition) is 1. The number of amides is 2.